The number of nitrogens with one attached hydrogen (secondary N) is 1. The molecule has 0 radical (unpaired) electrons. The second-order valence-electron chi connectivity index (χ2n) is 7.55. The van der Waals surface area contributed by atoms with Crippen LogP contribution in [0.1, 0.15) is 35.1 Å². The van der Waals surface area contributed by atoms with Crippen molar-refractivity contribution in [1.29, 1.82) is 0 Å². The summed E-state index contributed by atoms with van der Waals surface area (Å²) in [7, 11) is 0. The minimum Gasteiger partial charge on any atom is -0.420 e. The number of likely N-dealkylation sites (tertiary alicyclic amines) is 1. The molecular formula is C23H20FN5O2. The number of piperidine rings is 1. The molecule has 5 rings (SSSR count). The Kier molecular flexibility index (Phi) is 5.03. The van der Waals surface area contributed by atoms with Crippen molar-refractivity contribution in [2.24, 2.45) is 0 Å². The van der Waals surface area contributed by atoms with Crippen LogP contribution in [0.15, 0.2) is 65.1 Å². The molecule has 3 heterocycles. The van der Waals surface area contributed by atoms with Crippen LogP contribution in [0.25, 0.3) is 22.7 Å². The maximum atomic E-state index is 13.1. The maximum Gasteiger partial charge on any atom is 0.271 e. The third-order valence-electron chi connectivity index (χ3n) is 5.54. The predicted octanol–water partition coefficient (Wildman–Crippen LogP) is 4.29. The number of rotatable bonds is 4. The zero-order valence-corrected chi connectivity index (χ0v) is 16.7. The highest BCUT2D eigenvalue weighted by Crippen LogP contribution is 2.30. The topological polar surface area (TPSA) is 87.9 Å². The average molecular weight is 417 g/mol. The Labute approximate surface area is 177 Å². The summed E-state index contributed by atoms with van der Waals surface area (Å²) in [6.45, 7) is 1.19. The average Bonchev–Trinajstić information content (AvgIpc) is 3.50. The van der Waals surface area contributed by atoms with Gasteiger partial charge in [-0.15, -0.1) is 10.2 Å². The Morgan fingerprint density at radius 2 is 1.74 bits per heavy atom. The van der Waals surface area contributed by atoms with Crippen molar-refractivity contribution < 1.29 is 13.6 Å². The first kappa shape index (κ1) is 19.2. The SMILES string of the molecule is O=C(c1cc(-c2ccccc2)n[nH]1)N1CCC(c2nnc(-c3ccc(F)cc3)o2)CC1. The number of carbonyl (C=O) groups excluding carboxylic acids is 1. The molecule has 1 aliphatic heterocycles. The fourth-order valence-corrected chi connectivity index (χ4v) is 3.80. The van der Waals surface area contributed by atoms with Gasteiger partial charge in [-0.05, 0) is 43.2 Å². The molecular weight excluding hydrogens is 397 g/mol. The van der Waals surface area contributed by atoms with Crippen LogP contribution in [0.4, 0.5) is 4.39 Å². The first-order valence-electron chi connectivity index (χ1n) is 10.2. The third kappa shape index (κ3) is 3.96. The number of carbonyl (C=O) groups is 1. The molecule has 1 amide bonds. The van der Waals surface area contributed by atoms with E-state index in [-0.39, 0.29) is 17.6 Å². The number of nitrogens with zero attached hydrogens (tertiary/aromatic N) is 4. The summed E-state index contributed by atoms with van der Waals surface area (Å²) in [6.07, 6.45) is 1.47. The van der Waals surface area contributed by atoms with Gasteiger partial charge in [0.05, 0.1) is 5.69 Å². The van der Waals surface area contributed by atoms with Crippen LogP contribution in [0.3, 0.4) is 0 Å². The van der Waals surface area contributed by atoms with Crippen molar-refractivity contribution in [3.63, 3.8) is 0 Å². The van der Waals surface area contributed by atoms with Crippen LogP contribution >= 0.6 is 0 Å². The van der Waals surface area contributed by atoms with Crippen LogP contribution in [-0.4, -0.2) is 44.3 Å². The lowest BCUT2D eigenvalue weighted by molar-refractivity contribution is 0.0700. The minimum absolute atomic E-state index is 0.0642. The van der Waals surface area contributed by atoms with Gasteiger partial charge in [0.1, 0.15) is 11.5 Å². The number of aromatic amines is 1. The van der Waals surface area contributed by atoms with Gasteiger partial charge in [-0.2, -0.15) is 5.10 Å². The number of benzene rings is 2. The minimum atomic E-state index is -0.311. The van der Waals surface area contributed by atoms with Crippen molar-refractivity contribution in [1.82, 2.24) is 25.3 Å². The molecule has 1 aliphatic rings. The van der Waals surface area contributed by atoms with Gasteiger partial charge in [-0.25, -0.2) is 4.39 Å². The van der Waals surface area contributed by atoms with Gasteiger partial charge in [0.15, 0.2) is 0 Å². The Morgan fingerprint density at radius 3 is 2.48 bits per heavy atom. The van der Waals surface area contributed by atoms with Crippen LogP contribution in [0.2, 0.25) is 0 Å². The van der Waals surface area contributed by atoms with Crippen LogP contribution in [0.5, 0.6) is 0 Å². The highest BCUT2D eigenvalue weighted by atomic mass is 19.1. The normalized spacial score (nSPS) is 14.7. The maximum absolute atomic E-state index is 13.1. The molecule has 1 fully saturated rings. The van der Waals surface area contributed by atoms with E-state index in [1.165, 1.54) is 12.1 Å². The van der Waals surface area contributed by atoms with Crippen molar-refractivity contribution in [3.8, 4) is 22.7 Å². The summed E-state index contributed by atoms with van der Waals surface area (Å²) in [6, 6.07) is 17.5. The van der Waals surface area contributed by atoms with E-state index >= 15 is 0 Å². The quantitative estimate of drug-likeness (QED) is 0.535. The van der Waals surface area contributed by atoms with Crippen molar-refractivity contribution in [2.45, 2.75) is 18.8 Å². The summed E-state index contributed by atoms with van der Waals surface area (Å²) in [5.74, 6) is 0.644. The number of aromatic nitrogens is 4. The zero-order valence-electron chi connectivity index (χ0n) is 16.7. The molecule has 0 atom stereocenters. The van der Waals surface area contributed by atoms with E-state index in [1.807, 2.05) is 35.2 Å². The molecule has 31 heavy (non-hydrogen) atoms. The standard InChI is InChI=1S/C23H20FN5O2/c24-18-8-6-16(7-9-18)21-27-28-22(31-21)17-10-12-29(13-11-17)23(30)20-14-19(25-26-20)15-4-2-1-3-5-15/h1-9,14,17H,10-13H2,(H,25,26). The number of hydrogen-bond donors (Lipinski definition) is 1. The van der Waals surface area contributed by atoms with E-state index in [0.717, 1.165) is 24.1 Å². The lowest BCUT2D eigenvalue weighted by Gasteiger charge is -2.30. The molecule has 1 saturated heterocycles. The van der Waals surface area contributed by atoms with Gasteiger partial charge >= 0.3 is 0 Å². The molecule has 0 spiro atoms. The number of H-pyrrole nitrogens is 1. The first-order chi connectivity index (χ1) is 15.2. The van der Waals surface area contributed by atoms with Crippen molar-refractivity contribution in [2.75, 3.05) is 13.1 Å². The van der Waals surface area contributed by atoms with Crippen LogP contribution < -0.4 is 0 Å². The van der Waals surface area contributed by atoms with Gasteiger partial charge in [0.25, 0.3) is 5.91 Å². The van der Waals surface area contributed by atoms with E-state index in [4.69, 9.17) is 4.42 Å². The van der Waals surface area contributed by atoms with Crippen LogP contribution in [0, 0.1) is 5.82 Å². The molecule has 2 aromatic heterocycles. The lowest BCUT2D eigenvalue weighted by atomic mass is 9.96. The van der Waals surface area contributed by atoms with Gasteiger partial charge in [0.2, 0.25) is 11.8 Å². The lowest BCUT2D eigenvalue weighted by Crippen LogP contribution is -2.38. The highest BCUT2D eigenvalue weighted by Gasteiger charge is 2.28. The fraction of sp³-hybridized carbons (Fsp3) is 0.217. The molecule has 0 unspecified atom stereocenters. The van der Waals surface area contributed by atoms with E-state index in [1.54, 1.807) is 18.2 Å². The number of amides is 1. The molecule has 156 valence electrons. The zero-order chi connectivity index (χ0) is 21.2. The number of halogens is 1. The molecule has 4 aromatic rings. The predicted molar refractivity (Wildman–Crippen MR) is 112 cm³/mol. The molecule has 0 aliphatic carbocycles. The molecule has 8 heteroatoms. The summed E-state index contributed by atoms with van der Waals surface area (Å²) in [5.41, 5.74) is 2.87. The second-order valence-corrected chi connectivity index (χ2v) is 7.55. The van der Waals surface area contributed by atoms with E-state index in [0.29, 0.717) is 36.1 Å². The Balaban J connectivity index is 1.22. The van der Waals surface area contributed by atoms with E-state index < -0.39 is 0 Å². The van der Waals surface area contributed by atoms with Gasteiger partial charge in [0, 0.05) is 30.1 Å². The highest BCUT2D eigenvalue weighted by molar-refractivity contribution is 5.93. The molecule has 7 nitrogen and oxygen atoms in total. The fourth-order valence-electron chi connectivity index (χ4n) is 3.80. The summed E-state index contributed by atoms with van der Waals surface area (Å²) >= 11 is 0. The van der Waals surface area contributed by atoms with Crippen molar-refractivity contribution in [3.05, 3.63) is 78.1 Å². The van der Waals surface area contributed by atoms with Crippen molar-refractivity contribution >= 4 is 5.91 Å². The largest absolute Gasteiger partial charge is 0.420 e. The Hall–Kier alpha value is -3.81. The third-order valence-corrected chi connectivity index (χ3v) is 5.54. The van der Waals surface area contributed by atoms with Crippen LogP contribution in [-0.2, 0) is 0 Å². The summed E-state index contributed by atoms with van der Waals surface area (Å²) in [4.78, 5) is 14.7. The molecule has 0 saturated carbocycles. The first-order valence-corrected chi connectivity index (χ1v) is 10.2. The smallest absolute Gasteiger partial charge is 0.271 e. The van der Waals surface area contributed by atoms with E-state index in [9.17, 15) is 9.18 Å². The number of hydrogen-bond acceptors (Lipinski definition) is 5. The monoisotopic (exact) mass is 417 g/mol. The molecule has 0 bridgehead atoms. The Bertz CT molecular complexity index is 1180. The summed E-state index contributed by atoms with van der Waals surface area (Å²) < 4.78 is 18.9. The van der Waals surface area contributed by atoms with Gasteiger partial charge in [-0.3, -0.25) is 9.89 Å². The van der Waals surface area contributed by atoms with Gasteiger partial charge in [-0.1, -0.05) is 30.3 Å². The summed E-state index contributed by atoms with van der Waals surface area (Å²) in [5, 5.41) is 15.4. The van der Waals surface area contributed by atoms with E-state index in [2.05, 4.69) is 20.4 Å². The second kappa shape index (κ2) is 8.14. The van der Waals surface area contributed by atoms with Gasteiger partial charge < -0.3 is 9.32 Å². The molecule has 2 aromatic carbocycles. The Morgan fingerprint density at radius 1 is 1.00 bits per heavy atom. The molecule has 1 N–H and O–H groups in total.